The summed E-state index contributed by atoms with van der Waals surface area (Å²) in [5, 5.41) is 0.597. The molecule has 3 N–H and O–H groups in total. The third kappa shape index (κ3) is 1.49. The molecule has 0 atom stereocenters. The van der Waals surface area contributed by atoms with Gasteiger partial charge in [0.1, 0.15) is 0 Å². The molecule has 0 aliphatic heterocycles. The molecule has 1 aromatic carbocycles. The van der Waals surface area contributed by atoms with Crippen LogP contribution in [0.25, 0.3) is 11.3 Å². The zero-order valence-electron chi connectivity index (χ0n) is 7.84. The van der Waals surface area contributed by atoms with Crippen LogP contribution in [0.5, 0.6) is 0 Å². The van der Waals surface area contributed by atoms with Gasteiger partial charge in [0.05, 0.1) is 10.7 Å². The van der Waals surface area contributed by atoms with E-state index in [0.717, 1.165) is 16.8 Å². The van der Waals surface area contributed by atoms with Gasteiger partial charge in [-0.05, 0) is 36.8 Å². The molecule has 0 aliphatic rings. The van der Waals surface area contributed by atoms with Crippen LogP contribution in [0, 0.1) is 6.92 Å². The van der Waals surface area contributed by atoms with Crippen molar-refractivity contribution < 1.29 is 0 Å². The van der Waals surface area contributed by atoms with Crippen molar-refractivity contribution in [2.75, 3.05) is 5.73 Å². The van der Waals surface area contributed by atoms with Gasteiger partial charge in [-0.25, -0.2) is 0 Å². The zero-order valence-corrected chi connectivity index (χ0v) is 8.60. The molecule has 0 saturated heterocycles. The largest absolute Gasteiger partial charge is 0.398 e. The van der Waals surface area contributed by atoms with Gasteiger partial charge in [0.25, 0.3) is 0 Å². The number of benzene rings is 1. The molecule has 2 nitrogen and oxygen atoms in total. The molecule has 1 aromatic heterocycles. The van der Waals surface area contributed by atoms with Crippen LogP contribution in [0.2, 0.25) is 5.02 Å². The number of nitrogen functional groups attached to an aromatic ring is 1. The fourth-order valence-electron chi connectivity index (χ4n) is 1.49. The highest BCUT2D eigenvalue weighted by atomic mass is 35.5. The van der Waals surface area contributed by atoms with Crippen molar-refractivity contribution in [3.05, 3.63) is 41.0 Å². The molecular weight excluding hydrogens is 196 g/mol. The van der Waals surface area contributed by atoms with E-state index in [0.29, 0.717) is 10.7 Å². The van der Waals surface area contributed by atoms with Crippen LogP contribution < -0.4 is 5.73 Å². The first-order chi connectivity index (χ1) is 6.68. The van der Waals surface area contributed by atoms with Crippen molar-refractivity contribution in [3.8, 4) is 11.3 Å². The topological polar surface area (TPSA) is 41.8 Å². The number of aromatic nitrogens is 1. The third-order valence-electron chi connectivity index (χ3n) is 2.23. The van der Waals surface area contributed by atoms with E-state index >= 15 is 0 Å². The van der Waals surface area contributed by atoms with Crippen LogP contribution in [-0.4, -0.2) is 4.98 Å². The number of hydrogen-bond donors (Lipinski definition) is 2. The lowest BCUT2D eigenvalue weighted by Gasteiger charge is -2.06. The van der Waals surface area contributed by atoms with Crippen LogP contribution in [0.1, 0.15) is 5.56 Å². The Labute approximate surface area is 87.7 Å². The van der Waals surface area contributed by atoms with Crippen LogP contribution in [-0.2, 0) is 0 Å². The smallest absolute Gasteiger partial charge is 0.0642 e. The average Bonchev–Trinajstić information content (AvgIpc) is 2.64. The van der Waals surface area contributed by atoms with Gasteiger partial charge in [0, 0.05) is 17.5 Å². The quantitative estimate of drug-likeness (QED) is 0.692. The molecule has 0 aliphatic carbocycles. The molecule has 0 bridgehead atoms. The summed E-state index contributed by atoms with van der Waals surface area (Å²) in [6, 6.07) is 7.74. The predicted molar refractivity (Wildman–Crippen MR) is 60.4 cm³/mol. The SMILES string of the molecule is Cc1cc(N)c(Cl)cc1-c1ccc[nH]1. The Kier molecular flexibility index (Phi) is 2.22. The third-order valence-corrected chi connectivity index (χ3v) is 2.56. The van der Waals surface area contributed by atoms with Crippen LogP contribution >= 0.6 is 11.6 Å². The fourth-order valence-corrected chi connectivity index (χ4v) is 1.66. The van der Waals surface area contributed by atoms with Crippen LogP contribution in [0.4, 0.5) is 5.69 Å². The second-order valence-electron chi connectivity index (χ2n) is 3.27. The van der Waals surface area contributed by atoms with Crippen LogP contribution in [0.3, 0.4) is 0 Å². The maximum atomic E-state index is 5.96. The molecule has 0 amide bonds. The molecule has 1 heterocycles. The lowest BCUT2D eigenvalue weighted by Crippen LogP contribution is -1.90. The van der Waals surface area contributed by atoms with E-state index in [1.165, 1.54) is 0 Å². The Morgan fingerprint density at radius 1 is 1.36 bits per heavy atom. The summed E-state index contributed by atoms with van der Waals surface area (Å²) < 4.78 is 0. The van der Waals surface area contributed by atoms with E-state index in [2.05, 4.69) is 4.98 Å². The van der Waals surface area contributed by atoms with E-state index in [4.69, 9.17) is 17.3 Å². The van der Waals surface area contributed by atoms with Gasteiger partial charge < -0.3 is 10.7 Å². The predicted octanol–water partition coefficient (Wildman–Crippen LogP) is 3.23. The summed E-state index contributed by atoms with van der Waals surface area (Å²) in [6.45, 7) is 2.02. The number of aryl methyl sites for hydroxylation is 1. The minimum atomic E-state index is 0.597. The van der Waals surface area contributed by atoms with Crippen molar-refractivity contribution in [3.63, 3.8) is 0 Å². The average molecular weight is 207 g/mol. The summed E-state index contributed by atoms with van der Waals surface area (Å²) in [5.41, 5.74) is 9.60. The number of rotatable bonds is 1. The van der Waals surface area contributed by atoms with E-state index in [9.17, 15) is 0 Å². The summed E-state index contributed by atoms with van der Waals surface area (Å²) in [4.78, 5) is 3.14. The van der Waals surface area contributed by atoms with Crippen LogP contribution in [0.15, 0.2) is 30.5 Å². The van der Waals surface area contributed by atoms with Gasteiger partial charge in [-0.3, -0.25) is 0 Å². The lowest BCUT2D eigenvalue weighted by atomic mass is 10.1. The monoisotopic (exact) mass is 206 g/mol. The molecule has 72 valence electrons. The number of nitrogens with two attached hydrogens (primary N) is 1. The number of nitrogens with one attached hydrogen (secondary N) is 1. The van der Waals surface area contributed by atoms with Crippen molar-refractivity contribution in [2.45, 2.75) is 6.92 Å². The Morgan fingerprint density at radius 3 is 2.79 bits per heavy atom. The first kappa shape index (κ1) is 9.16. The fraction of sp³-hybridized carbons (Fsp3) is 0.0909. The van der Waals surface area contributed by atoms with Gasteiger partial charge in [0.2, 0.25) is 0 Å². The molecule has 0 unspecified atom stereocenters. The van der Waals surface area contributed by atoms with Crippen molar-refractivity contribution >= 4 is 17.3 Å². The molecule has 2 rings (SSSR count). The highest BCUT2D eigenvalue weighted by molar-refractivity contribution is 6.33. The minimum absolute atomic E-state index is 0.597. The van der Waals surface area contributed by atoms with E-state index in [1.807, 2.05) is 37.4 Å². The van der Waals surface area contributed by atoms with Crippen molar-refractivity contribution in [1.82, 2.24) is 4.98 Å². The van der Waals surface area contributed by atoms with Gasteiger partial charge in [-0.2, -0.15) is 0 Å². The van der Waals surface area contributed by atoms with Gasteiger partial charge >= 0.3 is 0 Å². The molecular formula is C11H11ClN2. The molecule has 2 aromatic rings. The maximum absolute atomic E-state index is 5.96. The lowest BCUT2D eigenvalue weighted by molar-refractivity contribution is 1.37. The Hall–Kier alpha value is -1.41. The highest BCUT2D eigenvalue weighted by Gasteiger charge is 2.05. The number of aromatic amines is 1. The summed E-state index contributed by atoms with van der Waals surface area (Å²) in [6.07, 6.45) is 1.89. The van der Waals surface area contributed by atoms with Crippen molar-refractivity contribution in [2.24, 2.45) is 0 Å². The molecule has 0 saturated carbocycles. The highest BCUT2D eigenvalue weighted by Crippen LogP contribution is 2.29. The molecule has 0 fully saturated rings. The number of H-pyrrole nitrogens is 1. The van der Waals surface area contributed by atoms with E-state index in [1.54, 1.807) is 0 Å². The van der Waals surface area contributed by atoms with Gasteiger partial charge in [-0.15, -0.1) is 0 Å². The maximum Gasteiger partial charge on any atom is 0.0642 e. The molecule has 0 radical (unpaired) electrons. The first-order valence-electron chi connectivity index (χ1n) is 4.38. The second-order valence-corrected chi connectivity index (χ2v) is 3.68. The summed E-state index contributed by atoms with van der Waals surface area (Å²) in [5.74, 6) is 0. The summed E-state index contributed by atoms with van der Waals surface area (Å²) >= 11 is 5.96. The minimum Gasteiger partial charge on any atom is -0.398 e. The summed E-state index contributed by atoms with van der Waals surface area (Å²) in [7, 11) is 0. The Morgan fingerprint density at radius 2 is 2.14 bits per heavy atom. The molecule has 14 heavy (non-hydrogen) atoms. The number of hydrogen-bond acceptors (Lipinski definition) is 1. The Balaban J connectivity index is 2.60. The first-order valence-corrected chi connectivity index (χ1v) is 4.75. The van der Waals surface area contributed by atoms with E-state index < -0.39 is 0 Å². The molecule has 0 spiro atoms. The molecule has 3 heteroatoms. The zero-order chi connectivity index (χ0) is 10.1. The second kappa shape index (κ2) is 3.39. The number of anilines is 1. The van der Waals surface area contributed by atoms with E-state index in [-0.39, 0.29) is 0 Å². The Bertz CT molecular complexity index is 447. The standard InChI is InChI=1S/C11H11ClN2/c1-7-5-10(13)9(12)6-8(7)11-3-2-4-14-11/h2-6,14H,13H2,1H3. The van der Waals surface area contributed by atoms with Gasteiger partial charge in [-0.1, -0.05) is 11.6 Å². The van der Waals surface area contributed by atoms with Gasteiger partial charge in [0.15, 0.2) is 0 Å². The normalized spacial score (nSPS) is 10.4. The number of halogens is 1. The van der Waals surface area contributed by atoms with Crippen molar-refractivity contribution in [1.29, 1.82) is 0 Å².